The number of benzene rings is 1. The molecule has 0 aliphatic carbocycles. The van der Waals surface area contributed by atoms with E-state index >= 15 is 0 Å². The molecule has 0 aromatic heterocycles. The van der Waals surface area contributed by atoms with Crippen molar-refractivity contribution < 1.29 is 14.6 Å². The fourth-order valence-corrected chi connectivity index (χ4v) is 1.64. The summed E-state index contributed by atoms with van der Waals surface area (Å²) in [4.78, 5) is 11.5. The first-order valence-corrected chi connectivity index (χ1v) is 6.23. The van der Waals surface area contributed by atoms with E-state index in [2.05, 4.69) is 11.4 Å². The van der Waals surface area contributed by atoms with Crippen molar-refractivity contribution in [2.75, 3.05) is 26.4 Å². The molecule has 1 amide bonds. The maximum absolute atomic E-state index is 11.5. The topological polar surface area (TPSA) is 58.6 Å². The van der Waals surface area contributed by atoms with Gasteiger partial charge in [0, 0.05) is 13.0 Å². The summed E-state index contributed by atoms with van der Waals surface area (Å²) in [6.45, 7) is 3.31. The van der Waals surface area contributed by atoms with E-state index in [0.717, 1.165) is 6.42 Å². The van der Waals surface area contributed by atoms with Crippen LogP contribution in [0.15, 0.2) is 24.3 Å². The van der Waals surface area contributed by atoms with E-state index in [0.29, 0.717) is 26.2 Å². The molecule has 0 unspecified atom stereocenters. The number of rotatable bonds is 8. The van der Waals surface area contributed by atoms with E-state index in [1.807, 2.05) is 25.1 Å². The third-order valence-electron chi connectivity index (χ3n) is 2.53. The van der Waals surface area contributed by atoms with Gasteiger partial charge in [0.15, 0.2) is 0 Å². The van der Waals surface area contributed by atoms with E-state index in [9.17, 15) is 4.79 Å². The van der Waals surface area contributed by atoms with Gasteiger partial charge in [-0.05, 0) is 18.9 Å². The average molecular weight is 251 g/mol. The number of carbonyl (C=O) groups is 1. The first-order valence-electron chi connectivity index (χ1n) is 6.23. The van der Waals surface area contributed by atoms with E-state index in [1.54, 1.807) is 0 Å². The smallest absolute Gasteiger partial charge is 0.220 e. The Labute approximate surface area is 108 Å². The Morgan fingerprint density at radius 2 is 2.22 bits per heavy atom. The van der Waals surface area contributed by atoms with E-state index < -0.39 is 0 Å². The van der Waals surface area contributed by atoms with Gasteiger partial charge in [-0.25, -0.2) is 0 Å². The number of nitrogens with one attached hydrogen (secondary N) is 1. The lowest BCUT2D eigenvalue weighted by molar-refractivity contribution is -0.121. The molecule has 0 heterocycles. The third kappa shape index (κ3) is 6.37. The molecule has 1 aromatic rings. The molecule has 0 radical (unpaired) electrons. The lowest BCUT2D eigenvalue weighted by Crippen LogP contribution is -2.27. The Kier molecular flexibility index (Phi) is 7.06. The molecule has 1 aromatic carbocycles. The van der Waals surface area contributed by atoms with Crippen LogP contribution in [0.25, 0.3) is 0 Å². The summed E-state index contributed by atoms with van der Waals surface area (Å²) >= 11 is 0. The summed E-state index contributed by atoms with van der Waals surface area (Å²) in [6.07, 6.45) is 1.24. The molecule has 0 bridgehead atoms. The van der Waals surface area contributed by atoms with Crippen molar-refractivity contribution in [3.8, 4) is 0 Å². The Balaban J connectivity index is 2.13. The second kappa shape index (κ2) is 8.66. The summed E-state index contributed by atoms with van der Waals surface area (Å²) in [5.74, 6) is 0.0316. The number of amides is 1. The third-order valence-corrected chi connectivity index (χ3v) is 2.53. The molecule has 0 aliphatic heterocycles. The second-order valence-corrected chi connectivity index (χ2v) is 4.17. The van der Waals surface area contributed by atoms with Crippen LogP contribution in [0.3, 0.4) is 0 Å². The standard InChI is InChI=1S/C14H21NO3/c1-12-3-2-4-13(11-12)5-6-14(17)15-7-9-18-10-8-16/h2-4,11,16H,5-10H2,1H3,(H,15,17). The number of ether oxygens (including phenoxy) is 1. The number of aliphatic hydroxyl groups excluding tert-OH is 1. The highest BCUT2D eigenvalue weighted by Gasteiger charge is 2.01. The molecule has 4 nitrogen and oxygen atoms in total. The van der Waals surface area contributed by atoms with Gasteiger partial charge >= 0.3 is 0 Å². The zero-order valence-electron chi connectivity index (χ0n) is 10.8. The van der Waals surface area contributed by atoms with Crippen LogP contribution in [0.2, 0.25) is 0 Å². The zero-order chi connectivity index (χ0) is 13.2. The van der Waals surface area contributed by atoms with Gasteiger partial charge in [-0.2, -0.15) is 0 Å². The number of carbonyl (C=O) groups excluding carboxylic acids is 1. The van der Waals surface area contributed by atoms with Gasteiger partial charge in [-0.3, -0.25) is 4.79 Å². The van der Waals surface area contributed by atoms with Crippen molar-refractivity contribution in [2.24, 2.45) is 0 Å². The second-order valence-electron chi connectivity index (χ2n) is 4.17. The van der Waals surface area contributed by atoms with Gasteiger partial charge in [0.2, 0.25) is 5.91 Å². The lowest BCUT2D eigenvalue weighted by Gasteiger charge is -2.06. The molecular formula is C14H21NO3. The van der Waals surface area contributed by atoms with Crippen molar-refractivity contribution in [3.05, 3.63) is 35.4 Å². The van der Waals surface area contributed by atoms with E-state index in [-0.39, 0.29) is 12.5 Å². The molecule has 100 valence electrons. The van der Waals surface area contributed by atoms with Crippen LogP contribution in [0.5, 0.6) is 0 Å². The number of aliphatic hydroxyl groups is 1. The van der Waals surface area contributed by atoms with E-state index in [1.165, 1.54) is 11.1 Å². The van der Waals surface area contributed by atoms with Crippen molar-refractivity contribution >= 4 is 5.91 Å². The van der Waals surface area contributed by atoms with Crippen LogP contribution in [-0.4, -0.2) is 37.4 Å². The SMILES string of the molecule is Cc1cccc(CCC(=O)NCCOCCO)c1. The predicted octanol–water partition coefficient (Wildman–Crippen LogP) is 1.05. The molecule has 0 spiro atoms. The van der Waals surface area contributed by atoms with E-state index in [4.69, 9.17) is 9.84 Å². The zero-order valence-corrected chi connectivity index (χ0v) is 10.8. The van der Waals surface area contributed by atoms with Crippen LogP contribution in [0.1, 0.15) is 17.5 Å². The Hall–Kier alpha value is -1.39. The number of hydrogen-bond donors (Lipinski definition) is 2. The normalized spacial score (nSPS) is 10.3. The fraction of sp³-hybridized carbons (Fsp3) is 0.500. The highest BCUT2D eigenvalue weighted by atomic mass is 16.5. The minimum Gasteiger partial charge on any atom is -0.394 e. The van der Waals surface area contributed by atoms with Gasteiger partial charge in [0.25, 0.3) is 0 Å². The van der Waals surface area contributed by atoms with Crippen LogP contribution in [0.4, 0.5) is 0 Å². The molecule has 2 N–H and O–H groups in total. The number of hydrogen-bond acceptors (Lipinski definition) is 3. The quantitative estimate of drug-likeness (QED) is 0.679. The molecule has 4 heteroatoms. The van der Waals surface area contributed by atoms with Gasteiger partial charge in [-0.15, -0.1) is 0 Å². The summed E-state index contributed by atoms with van der Waals surface area (Å²) in [5, 5.41) is 11.3. The lowest BCUT2D eigenvalue weighted by atomic mass is 10.1. The molecule has 18 heavy (non-hydrogen) atoms. The molecule has 0 fully saturated rings. The summed E-state index contributed by atoms with van der Waals surface area (Å²) in [7, 11) is 0. The van der Waals surface area contributed by atoms with Gasteiger partial charge < -0.3 is 15.2 Å². The van der Waals surface area contributed by atoms with Gasteiger partial charge in [-0.1, -0.05) is 29.8 Å². The van der Waals surface area contributed by atoms with Crippen LogP contribution in [0, 0.1) is 6.92 Å². The predicted molar refractivity (Wildman–Crippen MR) is 70.4 cm³/mol. The Morgan fingerprint density at radius 1 is 1.39 bits per heavy atom. The van der Waals surface area contributed by atoms with Crippen LogP contribution in [-0.2, 0) is 16.0 Å². The van der Waals surface area contributed by atoms with Gasteiger partial charge in [0.05, 0.1) is 19.8 Å². The minimum absolute atomic E-state index is 0.0152. The number of aryl methyl sites for hydroxylation is 2. The summed E-state index contributed by atoms with van der Waals surface area (Å²) < 4.78 is 5.05. The monoisotopic (exact) mass is 251 g/mol. The molecule has 0 atom stereocenters. The molecule has 0 aliphatic rings. The van der Waals surface area contributed by atoms with Crippen molar-refractivity contribution in [1.82, 2.24) is 5.32 Å². The average Bonchev–Trinajstić information content (AvgIpc) is 2.36. The molecule has 1 rings (SSSR count). The maximum atomic E-state index is 11.5. The highest BCUT2D eigenvalue weighted by Crippen LogP contribution is 2.06. The Morgan fingerprint density at radius 3 is 2.94 bits per heavy atom. The first-order chi connectivity index (χ1) is 8.72. The van der Waals surface area contributed by atoms with Crippen molar-refractivity contribution in [2.45, 2.75) is 19.8 Å². The molecule has 0 saturated carbocycles. The summed E-state index contributed by atoms with van der Waals surface area (Å²) in [6, 6.07) is 8.18. The van der Waals surface area contributed by atoms with Crippen LogP contribution >= 0.6 is 0 Å². The minimum atomic E-state index is 0.0152. The van der Waals surface area contributed by atoms with Crippen molar-refractivity contribution in [1.29, 1.82) is 0 Å². The molecular weight excluding hydrogens is 230 g/mol. The van der Waals surface area contributed by atoms with Crippen molar-refractivity contribution in [3.63, 3.8) is 0 Å². The van der Waals surface area contributed by atoms with Gasteiger partial charge in [0.1, 0.15) is 0 Å². The van der Waals surface area contributed by atoms with Crippen LogP contribution < -0.4 is 5.32 Å². The molecule has 0 saturated heterocycles. The Bertz CT molecular complexity index is 366. The maximum Gasteiger partial charge on any atom is 0.220 e. The fourth-order valence-electron chi connectivity index (χ4n) is 1.64. The first kappa shape index (κ1) is 14.7. The largest absolute Gasteiger partial charge is 0.394 e. The highest BCUT2D eigenvalue weighted by molar-refractivity contribution is 5.76. The summed E-state index contributed by atoms with van der Waals surface area (Å²) in [5.41, 5.74) is 2.40.